The molecule has 0 saturated heterocycles. The van der Waals surface area contributed by atoms with Crippen molar-refractivity contribution in [1.29, 1.82) is 0 Å². The summed E-state index contributed by atoms with van der Waals surface area (Å²) in [5.41, 5.74) is 0. The number of ether oxygens (including phenoxy) is 1. The largest absolute Gasteiger partial charge is 0.468 e. The first-order chi connectivity index (χ1) is 7.33. The van der Waals surface area contributed by atoms with Crippen LogP contribution < -0.4 is 5.32 Å². The van der Waals surface area contributed by atoms with E-state index in [1.165, 1.54) is 0 Å². The van der Waals surface area contributed by atoms with Crippen molar-refractivity contribution in [2.75, 3.05) is 26.0 Å². The average Bonchev–Trinajstić information content (AvgIpc) is 2.71. The molecule has 4 heteroatoms. The van der Waals surface area contributed by atoms with Crippen LogP contribution in [-0.4, -0.2) is 31.3 Å². The molecule has 0 bridgehead atoms. The van der Waals surface area contributed by atoms with E-state index >= 15 is 0 Å². The van der Waals surface area contributed by atoms with Crippen molar-refractivity contribution in [3.8, 4) is 0 Å². The molecule has 0 amide bonds. The van der Waals surface area contributed by atoms with Gasteiger partial charge >= 0.3 is 0 Å². The number of nitrogens with one attached hydrogen (secondary N) is 1. The predicted molar refractivity (Wildman–Crippen MR) is 64.2 cm³/mol. The van der Waals surface area contributed by atoms with Crippen molar-refractivity contribution in [2.45, 2.75) is 18.7 Å². The zero-order valence-corrected chi connectivity index (χ0v) is 10.2. The fourth-order valence-electron chi connectivity index (χ4n) is 1.20. The normalized spacial score (nSPS) is 12.9. The molecule has 1 heterocycles. The third kappa shape index (κ3) is 5.87. The number of methoxy groups -OCH3 is 1. The highest BCUT2D eigenvalue weighted by Gasteiger charge is 2.02. The molecular formula is C11H19NO2S. The Morgan fingerprint density at radius 3 is 3.13 bits per heavy atom. The first-order valence-electron chi connectivity index (χ1n) is 5.16. The minimum Gasteiger partial charge on any atom is -0.468 e. The number of hydrogen-bond acceptors (Lipinski definition) is 4. The molecule has 0 aromatic carbocycles. The quantitative estimate of drug-likeness (QED) is 0.693. The summed E-state index contributed by atoms with van der Waals surface area (Å²) < 4.78 is 10.2. The molecule has 3 nitrogen and oxygen atoms in total. The number of thioether (sulfide) groups is 1. The Hall–Kier alpha value is -0.450. The van der Waals surface area contributed by atoms with E-state index in [2.05, 4.69) is 12.2 Å². The predicted octanol–water partition coefficient (Wildman–Crippen LogP) is 2.14. The van der Waals surface area contributed by atoms with Gasteiger partial charge in [-0.25, -0.2) is 0 Å². The Balaban J connectivity index is 1.99. The van der Waals surface area contributed by atoms with E-state index in [0.717, 1.165) is 31.2 Å². The van der Waals surface area contributed by atoms with Gasteiger partial charge in [0, 0.05) is 24.7 Å². The molecule has 1 aromatic rings. The highest BCUT2D eigenvalue weighted by molar-refractivity contribution is 7.99. The van der Waals surface area contributed by atoms with Gasteiger partial charge in [-0.2, -0.15) is 11.8 Å². The maximum Gasteiger partial charge on any atom is 0.117 e. The first kappa shape index (κ1) is 12.6. The zero-order valence-electron chi connectivity index (χ0n) is 9.36. The Labute approximate surface area is 95.6 Å². The molecule has 0 radical (unpaired) electrons. The molecule has 0 aliphatic carbocycles. The van der Waals surface area contributed by atoms with Crippen LogP contribution in [0, 0.1) is 0 Å². The highest BCUT2D eigenvalue weighted by Crippen LogP contribution is 2.09. The van der Waals surface area contributed by atoms with Crippen LogP contribution in [0.25, 0.3) is 0 Å². The third-order valence-electron chi connectivity index (χ3n) is 2.00. The van der Waals surface area contributed by atoms with Gasteiger partial charge < -0.3 is 14.5 Å². The van der Waals surface area contributed by atoms with Crippen LogP contribution in [0.3, 0.4) is 0 Å². The Morgan fingerprint density at radius 2 is 2.47 bits per heavy atom. The van der Waals surface area contributed by atoms with E-state index in [4.69, 9.17) is 9.15 Å². The molecule has 0 saturated carbocycles. The van der Waals surface area contributed by atoms with Crippen LogP contribution in [-0.2, 0) is 11.3 Å². The second-order valence-electron chi connectivity index (χ2n) is 3.38. The van der Waals surface area contributed by atoms with Crippen LogP contribution in [0.2, 0.25) is 0 Å². The summed E-state index contributed by atoms with van der Waals surface area (Å²) in [6.07, 6.45) is 1.70. The summed E-state index contributed by atoms with van der Waals surface area (Å²) in [5, 5.41) is 3.97. The van der Waals surface area contributed by atoms with Gasteiger partial charge in [-0.3, -0.25) is 0 Å². The van der Waals surface area contributed by atoms with Crippen molar-refractivity contribution in [3.05, 3.63) is 24.2 Å². The lowest BCUT2D eigenvalue weighted by molar-refractivity contribution is 0.218. The van der Waals surface area contributed by atoms with Crippen LogP contribution in [0.1, 0.15) is 12.7 Å². The van der Waals surface area contributed by atoms with Crippen molar-refractivity contribution >= 4 is 11.8 Å². The van der Waals surface area contributed by atoms with Gasteiger partial charge in [-0.1, -0.05) is 6.92 Å². The Bertz CT molecular complexity index is 239. The van der Waals surface area contributed by atoms with E-state index in [9.17, 15) is 0 Å². The minimum atomic E-state index is 0.607. The van der Waals surface area contributed by atoms with Gasteiger partial charge in [0.05, 0.1) is 19.4 Å². The summed E-state index contributed by atoms with van der Waals surface area (Å²) in [6, 6.07) is 3.89. The monoisotopic (exact) mass is 229 g/mol. The van der Waals surface area contributed by atoms with Gasteiger partial charge in [0.15, 0.2) is 0 Å². The van der Waals surface area contributed by atoms with Gasteiger partial charge in [-0.05, 0) is 12.1 Å². The van der Waals surface area contributed by atoms with E-state index in [0.29, 0.717) is 5.25 Å². The average molecular weight is 229 g/mol. The Kier molecular flexibility index (Phi) is 6.55. The second-order valence-corrected chi connectivity index (χ2v) is 4.93. The first-order valence-corrected chi connectivity index (χ1v) is 6.21. The van der Waals surface area contributed by atoms with Gasteiger partial charge in [-0.15, -0.1) is 0 Å². The van der Waals surface area contributed by atoms with Gasteiger partial charge in [0.2, 0.25) is 0 Å². The summed E-state index contributed by atoms with van der Waals surface area (Å²) in [5.74, 6) is 2.05. The molecule has 0 aliphatic heterocycles. The topological polar surface area (TPSA) is 34.4 Å². The van der Waals surface area contributed by atoms with Crippen LogP contribution in [0.5, 0.6) is 0 Å². The number of rotatable bonds is 8. The minimum absolute atomic E-state index is 0.607. The summed E-state index contributed by atoms with van der Waals surface area (Å²) in [6.45, 7) is 4.85. The standard InChI is InChI=1S/C11H19NO2S/c1-10(15-7-6-13-2)8-12-9-11-4-3-5-14-11/h3-5,10,12H,6-9H2,1-2H3. The molecule has 1 unspecified atom stereocenters. The number of hydrogen-bond donors (Lipinski definition) is 1. The summed E-state index contributed by atoms with van der Waals surface area (Å²) in [4.78, 5) is 0. The van der Waals surface area contributed by atoms with E-state index in [1.807, 2.05) is 23.9 Å². The van der Waals surface area contributed by atoms with Crippen LogP contribution >= 0.6 is 11.8 Å². The van der Waals surface area contributed by atoms with Crippen LogP contribution in [0.15, 0.2) is 22.8 Å². The molecule has 1 aromatic heterocycles. The number of furan rings is 1. The molecule has 1 atom stereocenters. The zero-order chi connectivity index (χ0) is 10.9. The lowest BCUT2D eigenvalue weighted by atomic mass is 10.4. The van der Waals surface area contributed by atoms with E-state index in [-0.39, 0.29) is 0 Å². The SMILES string of the molecule is COCCSC(C)CNCc1ccco1. The van der Waals surface area contributed by atoms with Gasteiger partial charge in [0.1, 0.15) is 5.76 Å². The van der Waals surface area contributed by atoms with Crippen molar-refractivity contribution < 1.29 is 9.15 Å². The fraction of sp³-hybridized carbons (Fsp3) is 0.636. The van der Waals surface area contributed by atoms with E-state index in [1.54, 1.807) is 13.4 Å². The van der Waals surface area contributed by atoms with Gasteiger partial charge in [0.25, 0.3) is 0 Å². The molecular weight excluding hydrogens is 210 g/mol. The Morgan fingerprint density at radius 1 is 1.60 bits per heavy atom. The molecule has 86 valence electrons. The summed E-state index contributed by atoms with van der Waals surface area (Å²) >= 11 is 1.92. The van der Waals surface area contributed by atoms with E-state index < -0.39 is 0 Å². The molecule has 0 aliphatic rings. The third-order valence-corrected chi connectivity index (χ3v) is 3.14. The van der Waals surface area contributed by atoms with Crippen molar-refractivity contribution in [2.24, 2.45) is 0 Å². The lowest BCUT2D eigenvalue weighted by Crippen LogP contribution is -2.22. The maximum absolute atomic E-state index is 5.22. The lowest BCUT2D eigenvalue weighted by Gasteiger charge is -2.11. The highest BCUT2D eigenvalue weighted by atomic mass is 32.2. The molecule has 15 heavy (non-hydrogen) atoms. The second kappa shape index (κ2) is 7.79. The maximum atomic E-state index is 5.22. The summed E-state index contributed by atoms with van der Waals surface area (Å²) in [7, 11) is 1.74. The molecule has 1 rings (SSSR count). The molecule has 0 fully saturated rings. The molecule has 0 spiro atoms. The van der Waals surface area contributed by atoms with Crippen LogP contribution in [0.4, 0.5) is 0 Å². The smallest absolute Gasteiger partial charge is 0.117 e. The van der Waals surface area contributed by atoms with Crippen molar-refractivity contribution in [3.63, 3.8) is 0 Å². The fourth-order valence-corrected chi connectivity index (χ4v) is 2.10. The van der Waals surface area contributed by atoms with Crippen molar-refractivity contribution in [1.82, 2.24) is 5.32 Å². The molecule has 1 N–H and O–H groups in total.